The molecule has 2 aromatic rings. The van der Waals surface area contributed by atoms with Crippen LogP contribution in [0.15, 0.2) is 41.1 Å². The highest BCUT2D eigenvalue weighted by Crippen LogP contribution is 2.12. The number of nitriles is 1. The van der Waals surface area contributed by atoms with E-state index in [2.05, 4.69) is 6.07 Å². The molecule has 0 bridgehead atoms. The van der Waals surface area contributed by atoms with Crippen molar-refractivity contribution in [1.29, 1.82) is 5.26 Å². The first-order chi connectivity index (χ1) is 8.70. The van der Waals surface area contributed by atoms with Crippen molar-refractivity contribution in [3.8, 4) is 6.07 Å². The van der Waals surface area contributed by atoms with E-state index >= 15 is 0 Å². The molecule has 2 rings (SSSR count). The smallest absolute Gasteiger partial charge is 0.254 e. The van der Waals surface area contributed by atoms with Gasteiger partial charge >= 0.3 is 0 Å². The van der Waals surface area contributed by atoms with E-state index in [1.165, 1.54) is 11.3 Å². The molecule has 0 fully saturated rings. The molecule has 0 N–H and O–H groups in total. The second-order valence-corrected chi connectivity index (χ2v) is 4.76. The van der Waals surface area contributed by atoms with Crippen LogP contribution in [0.1, 0.15) is 21.5 Å². The van der Waals surface area contributed by atoms with Crippen molar-refractivity contribution < 1.29 is 4.79 Å². The molecule has 0 spiro atoms. The maximum absolute atomic E-state index is 12.0. The Labute approximate surface area is 110 Å². The standard InChI is InChI=1S/C14H12N2OS/c1-16(14(17)13-6-7-18-10-13)9-12-4-2-11(8-15)3-5-12/h2-7,10H,9H2,1H3. The van der Waals surface area contributed by atoms with Gasteiger partial charge in [0.25, 0.3) is 5.91 Å². The van der Waals surface area contributed by atoms with E-state index in [0.717, 1.165) is 11.1 Å². The Hall–Kier alpha value is -2.12. The number of nitrogens with zero attached hydrogens (tertiary/aromatic N) is 2. The minimum Gasteiger partial charge on any atom is -0.337 e. The van der Waals surface area contributed by atoms with Gasteiger partial charge in [-0.25, -0.2) is 0 Å². The van der Waals surface area contributed by atoms with Gasteiger partial charge in [0.1, 0.15) is 0 Å². The summed E-state index contributed by atoms with van der Waals surface area (Å²) >= 11 is 1.51. The van der Waals surface area contributed by atoms with Crippen molar-refractivity contribution in [3.05, 3.63) is 57.8 Å². The molecule has 0 aliphatic heterocycles. The van der Waals surface area contributed by atoms with Crippen LogP contribution in [0.25, 0.3) is 0 Å². The van der Waals surface area contributed by atoms with Crippen LogP contribution < -0.4 is 0 Å². The molecule has 18 heavy (non-hydrogen) atoms. The Bertz CT molecular complexity index is 567. The van der Waals surface area contributed by atoms with Crippen molar-refractivity contribution >= 4 is 17.2 Å². The average Bonchev–Trinajstić information content (AvgIpc) is 2.92. The molecule has 90 valence electrons. The van der Waals surface area contributed by atoms with E-state index < -0.39 is 0 Å². The molecule has 0 aliphatic carbocycles. The number of carbonyl (C=O) groups is 1. The molecule has 0 atom stereocenters. The van der Waals surface area contributed by atoms with Gasteiger partial charge < -0.3 is 4.90 Å². The van der Waals surface area contributed by atoms with E-state index in [9.17, 15) is 4.79 Å². The van der Waals surface area contributed by atoms with E-state index in [-0.39, 0.29) is 5.91 Å². The fourth-order valence-electron chi connectivity index (χ4n) is 1.64. The van der Waals surface area contributed by atoms with Crippen LogP contribution in [0, 0.1) is 11.3 Å². The predicted octanol–water partition coefficient (Wildman–Crippen LogP) is 2.89. The van der Waals surface area contributed by atoms with E-state index in [4.69, 9.17) is 5.26 Å². The first-order valence-electron chi connectivity index (χ1n) is 5.47. The van der Waals surface area contributed by atoms with Crippen molar-refractivity contribution in [2.45, 2.75) is 6.54 Å². The molecule has 0 aliphatic rings. The maximum Gasteiger partial charge on any atom is 0.254 e. The van der Waals surface area contributed by atoms with Gasteiger partial charge in [0.15, 0.2) is 0 Å². The Morgan fingerprint density at radius 2 is 2.06 bits per heavy atom. The Balaban J connectivity index is 2.05. The summed E-state index contributed by atoms with van der Waals surface area (Å²) in [7, 11) is 1.78. The lowest BCUT2D eigenvalue weighted by Crippen LogP contribution is -2.25. The molecule has 0 unspecified atom stereocenters. The lowest BCUT2D eigenvalue weighted by Gasteiger charge is -2.16. The van der Waals surface area contributed by atoms with Crippen LogP contribution in [-0.2, 0) is 6.54 Å². The van der Waals surface area contributed by atoms with Gasteiger partial charge in [0.2, 0.25) is 0 Å². The molecule has 1 aromatic carbocycles. The summed E-state index contributed by atoms with van der Waals surface area (Å²) in [6, 6.07) is 11.2. The molecular formula is C14H12N2OS. The van der Waals surface area contributed by atoms with Gasteiger partial charge in [0, 0.05) is 19.0 Å². The number of hydrogen-bond donors (Lipinski definition) is 0. The minimum atomic E-state index is 0.0145. The Kier molecular flexibility index (Phi) is 3.75. The van der Waals surface area contributed by atoms with Crippen LogP contribution in [0.3, 0.4) is 0 Å². The molecule has 0 saturated carbocycles. The number of carbonyl (C=O) groups excluding carboxylic acids is 1. The zero-order valence-electron chi connectivity index (χ0n) is 9.96. The van der Waals surface area contributed by atoms with Gasteiger partial charge in [-0.2, -0.15) is 16.6 Å². The molecule has 4 heteroatoms. The third-order valence-corrected chi connectivity index (χ3v) is 3.30. The summed E-state index contributed by atoms with van der Waals surface area (Å²) in [5, 5.41) is 12.4. The van der Waals surface area contributed by atoms with Crippen LogP contribution in [0.4, 0.5) is 0 Å². The first-order valence-corrected chi connectivity index (χ1v) is 6.41. The lowest BCUT2D eigenvalue weighted by atomic mass is 10.1. The molecule has 1 amide bonds. The summed E-state index contributed by atoms with van der Waals surface area (Å²) in [6.07, 6.45) is 0. The highest BCUT2D eigenvalue weighted by atomic mass is 32.1. The van der Waals surface area contributed by atoms with Crippen molar-refractivity contribution in [3.63, 3.8) is 0 Å². The van der Waals surface area contributed by atoms with Gasteiger partial charge in [-0.3, -0.25) is 4.79 Å². The number of rotatable bonds is 3. The third kappa shape index (κ3) is 2.76. The van der Waals surface area contributed by atoms with E-state index in [1.807, 2.05) is 29.0 Å². The normalized spacial score (nSPS) is 9.78. The van der Waals surface area contributed by atoms with Crippen LogP contribution in [-0.4, -0.2) is 17.9 Å². The number of benzene rings is 1. The summed E-state index contributed by atoms with van der Waals surface area (Å²) in [5.74, 6) is 0.0145. The zero-order chi connectivity index (χ0) is 13.0. The molecule has 0 saturated heterocycles. The topological polar surface area (TPSA) is 44.1 Å². The first kappa shape index (κ1) is 12.3. The Morgan fingerprint density at radius 1 is 1.33 bits per heavy atom. The summed E-state index contributed by atoms with van der Waals surface area (Å²) < 4.78 is 0. The molecule has 1 heterocycles. The number of thiophene rings is 1. The Morgan fingerprint density at radius 3 is 2.61 bits per heavy atom. The quantitative estimate of drug-likeness (QED) is 0.847. The average molecular weight is 256 g/mol. The van der Waals surface area contributed by atoms with Crippen LogP contribution in [0.2, 0.25) is 0 Å². The number of hydrogen-bond acceptors (Lipinski definition) is 3. The van der Waals surface area contributed by atoms with Gasteiger partial charge in [-0.1, -0.05) is 12.1 Å². The van der Waals surface area contributed by atoms with Gasteiger partial charge in [-0.05, 0) is 29.1 Å². The van der Waals surface area contributed by atoms with Gasteiger partial charge in [-0.15, -0.1) is 0 Å². The number of amides is 1. The fourth-order valence-corrected chi connectivity index (χ4v) is 2.27. The molecule has 0 radical (unpaired) electrons. The van der Waals surface area contributed by atoms with E-state index in [1.54, 1.807) is 24.1 Å². The predicted molar refractivity (Wildman–Crippen MR) is 71.3 cm³/mol. The molecule has 1 aromatic heterocycles. The molecular weight excluding hydrogens is 244 g/mol. The van der Waals surface area contributed by atoms with Gasteiger partial charge in [0.05, 0.1) is 17.2 Å². The fraction of sp³-hybridized carbons (Fsp3) is 0.143. The van der Waals surface area contributed by atoms with Crippen molar-refractivity contribution in [1.82, 2.24) is 4.90 Å². The zero-order valence-corrected chi connectivity index (χ0v) is 10.8. The monoisotopic (exact) mass is 256 g/mol. The van der Waals surface area contributed by atoms with Crippen molar-refractivity contribution in [2.75, 3.05) is 7.05 Å². The molecule has 3 nitrogen and oxygen atoms in total. The largest absolute Gasteiger partial charge is 0.337 e. The summed E-state index contributed by atoms with van der Waals surface area (Å²) in [4.78, 5) is 13.7. The second kappa shape index (κ2) is 5.48. The van der Waals surface area contributed by atoms with Crippen LogP contribution >= 0.6 is 11.3 Å². The van der Waals surface area contributed by atoms with Crippen LogP contribution in [0.5, 0.6) is 0 Å². The summed E-state index contributed by atoms with van der Waals surface area (Å²) in [5.41, 5.74) is 2.36. The second-order valence-electron chi connectivity index (χ2n) is 3.98. The SMILES string of the molecule is CN(Cc1ccc(C#N)cc1)C(=O)c1ccsc1. The maximum atomic E-state index is 12.0. The third-order valence-electron chi connectivity index (χ3n) is 2.62. The van der Waals surface area contributed by atoms with Crippen molar-refractivity contribution in [2.24, 2.45) is 0 Å². The highest BCUT2D eigenvalue weighted by Gasteiger charge is 2.11. The van der Waals surface area contributed by atoms with E-state index in [0.29, 0.717) is 12.1 Å². The summed E-state index contributed by atoms with van der Waals surface area (Å²) in [6.45, 7) is 0.542. The highest BCUT2D eigenvalue weighted by molar-refractivity contribution is 7.08. The minimum absolute atomic E-state index is 0.0145. The lowest BCUT2D eigenvalue weighted by molar-refractivity contribution is 0.0785.